The van der Waals surface area contributed by atoms with Crippen molar-refractivity contribution in [3.05, 3.63) is 47.4 Å². The molecule has 1 aromatic rings. The third kappa shape index (κ3) is 3.84. The van der Waals surface area contributed by atoms with E-state index in [4.69, 9.17) is 4.18 Å². The molecule has 2 aliphatic heterocycles. The summed E-state index contributed by atoms with van der Waals surface area (Å²) in [5.74, 6) is -3.54. The van der Waals surface area contributed by atoms with E-state index in [-0.39, 0.29) is 11.5 Å². The van der Waals surface area contributed by atoms with Crippen LogP contribution in [0.15, 0.2) is 41.8 Å². The number of carbonyl (C=O) groups is 3. The van der Waals surface area contributed by atoms with Crippen molar-refractivity contribution < 1.29 is 37.2 Å². The van der Waals surface area contributed by atoms with Crippen LogP contribution in [0.1, 0.15) is 11.7 Å². The van der Waals surface area contributed by atoms with Crippen LogP contribution >= 0.6 is 11.8 Å². The van der Waals surface area contributed by atoms with Crippen LogP contribution in [-0.4, -0.2) is 64.7 Å². The minimum Gasteiger partial charge on any atom is -0.476 e. The van der Waals surface area contributed by atoms with E-state index in [1.807, 2.05) is 0 Å². The van der Waals surface area contributed by atoms with Crippen LogP contribution in [0.25, 0.3) is 0 Å². The number of hydrogen-bond acceptors (Lipinski definition) is 8. The Bertz CT molecular complexity index is 960. The van der Waals surface area contributed by atoms with Crippen LogP contribution in [-0.2, 0) is 28.7 Å². The molecule has 2 heterocycles. The predicted molar refractivity (Wildman–Crippen MR) is 97.0 cm³/mol. The summed E-state index contributed by atoms with van der Waals surface area (Å²) in [6.07, 6.45) is -0.724. The minimum atomic E-state index is -3.97. The molecular formula is C16H16N2O8S2. The van der Waals surface area contributed by atoms with Crippen LogP contribution in [0.3, 0.4) is 0 Å². The van der Waals surface area contributed by atoms with E-state index < -0.39 is 51.1 Å². The number of amides is 2. The second kappa shape index (κ2) is 7.45. The highest BCUT2D eigenvalue weighted by Gasteiger charge is 2.55. The first kappa shape index (κ1) is 20.2. The molecule has 0 bridgehead atoms. The van der Waals surface area contributed by atoms with E-state index in [2.05, 4.69) is 5.32 Å². The summed E-state index contributed by atoms with van der Waals surface area (Å²) in [5, 5.41) is 21.2. The van der Waals surface area contributed by atoms with E-state index in [0.717, 1.165) is 22.9 Å². The molecule has 1 saturated heterocycles. The lowest BCUT2D eigenvalue weighted by Crippen LogP contribution is -2.70. The van der Waals surface area contributed by atoms with Crippen LogP contribution in [0.4, 0.5) is 0 Å². The van der Waals surface area contributed by atoms with Gasteiger partial charge in [-0.2, -0.15) is 8.42 Å². The molecule has 0 radical (unpaired) electrons. The van der Waals surface area contributed by atoms with E-state index in [0.29, 0.717) is 5.56 Å². The summed E-state index contributed by atoms with van der Waals surface area (Å²) in [5.41, 5.74) is -0.233. The van der Waals surface area contributed by atoms with Gasteiger partial charge in [-0.25, -0.2) is 4.79 Å². The average Bonchev–Trinajstić information content (AvgIpc) is 2.64. The normalized spacial score (nSPS) is 22.8. The van der Waals surface area contributed by atoms with Crippen molar-refractivity contribution in [2.75, 3.05) is 12.0 Å². The zero-order chi connectivity index (χ0) is 20.6. The molecule has 0 aliphatic carbocycles. The molecule has 1 fully saturated rings. The monoisotopic (exact) mass is 428 g/mol. The first-order valence-corrected chi connectivity index (χ1v) is 10.8. The summed E-state index contributed by atoms with van der Waals surface area (Å²) in [6.45, 7) is 0. The SMILES string of the molecule is CS(=O)(=O)OC1=C(C(=O)O)N2C(=O)C(NC(=O)C(O)c3ccccc3)[C@@H]2SC1. The van der Waals surface area contributed by atoms with Gasteiger partial charge in [0.05, 0.1) is 12.0 Å². The number of aliphatic hydroxyl groups excluding tert-OH is 1. The lowest BCUT2D eigenvalue weighted by molar-refractivity contribution is -0.152. The largest absolute Gasteiger partial charge is 0.476 e. The maximum absolute atomic E-state index is 12.4. The fourth-order valence-electron chi connectivity index (χ4n) is 2.86. The van der Waals surface area contributed by atoms with Gasteiger partial charge in [0.15, 0.2) is 17.6 Å². The highest BCUT2D eigenvalue weighted by molar-refractivity contribution is 8.00. The number of rotatable bonds is 6. The van der Waals surface area contributed by atoms with Gasteiger partial charge in [0.2, 0.25) is 0 Å². The van der Waals surface area contributed by atoms with Crippen molar-refractivity contribution in [1.82, 2.24) is 10.2 Å². The van der Waals surface area contributed by atoms with E-state index in [1.165, 1.54) is 0 Å². The zero-order valence-electron chi connectivity index (χ0n) is 14.4. The molecule has 2 unspecified atom stereocenters. The highest BCUT2D eigenvalue weighted by Crippen LogP contribution is 2.41. The molecular weight excluding hydrogens is 412 g/mol. The number of aliphatic carboxylic acids is 1. The van der Waals surface area contributed by atoms with Crippen molar-refractivity contribution in [2.24, 2.45) is 0 Å². The van der Waals surface area contributed by atoms with Gasteiger partial charge >= 0.3 is 16.1 Å². The molecule has 10 nitrogen and oxygen atoms in total. The second-order valence-corrected chi connectivity index (χ2v) is 8.75. The Hall–Kier alpha value is -2.57. The zero-order valence-corrected chi connectivity index (χ0v) is 16.1. The second-order valence-electron chi connectivity index (χ2n) is 6.07. The Morgan fingerprint density at radius 1 is 1.32 bits per heavy atom. The number of hydrogen-bond donors (Lipinski definition) is 3. The first-order chi connectivity index (χ1) is 13.1. The molecule has 2 amide bonds. The van der Waals surface area contributed by atoms with Crippen molar-refractivity contribution >= 4 is 39.7 Å². The molecule has 0 saturated carbocycles. The quantitative estimate of drug-likeness (QED) is 0.398. The van der Waals surface area contributed by atoms with E-state index in [9.17, 15) is 33.0 Å². The van der Waals surface area contributed by atoms with Crippen LogP contribution in [0.5, 0.6) is 0 Å². The third-order valence-electron chi connectivity index (χ3n) is 4.05. The summed E-state index contributed by atoms with van der Waals surface area (Å²) in [4.78, 5) is 37.1. The van der Waals surface area contributed by atoms with Gasteiger partial charge in [-0.05, 0) is 5.56 Å². The Labute approximate surface area is 164 Å². The lowest BCUT2D eigenvalue weighted by atomic mass is 10.0. The number of carbonyl (C=O) groups excluding carboxylic acids is 2. The van der Waals surface area contributed by atoms with Gasteiger partial charge in [-0.15, -0.1) is 11.8 Å². The van der Waals surface area contributed by atoms with E-state index >= 15 is 0 Å². The van der Waals surface area contributed by atoms with Gasteiger partial charge < -0.3 is 19.7 Å². The lowest BCUT2D eigenvalue weighted by Gasteiger charge is -2.48. The number of benzene rings is 1. The molecule has 2 aliphatic rings. The maximum atomic E-state index is 12.4. The molecule has 28 heavy (non-hydrogen) atoms. The fraction of sp³-hybridized carbons (Fsp3) is 0.312. The van der Waals surface area contributed by atoms with Crippen LogP contribution < -0.4 is 5.32 Å². The summed E-state index contributed by atoms with van der Waals surface area (Å²) < 4.78 is 27.4. The van der Waals surface area contributed by atoms with Gasteiger partial charge in [-0.3, -0.25) is 14.5 Å². The number of thioether (sulfide) groups is 1. The number of carboxylic acid groups (broad SMARTS) is 1. The minimum absolute atomic E-state index is 0.114. The predicted octanol–water partition coefficient (Wildman–Crippen LogP) is -0.608. The average molecular weight is 428 g/mol. The smallest absolute Gasteiger partial charge is 0.356 e. The summed E-state index contributed by atoms with van der Waals surface area (Å²) in [7, 11) is -3.97. The Morgan fingerprint density at radius 2 is 1.96 bits per heavy atom. The van der Waals surface area contributed by atoms with Gasteiger partial charge in [0.1, 0.15) is 11.4 Å². The van der Waals surface area contributed by atoms with Gasteiger partial charge in [0.25, 0.3) is 11.8 Å². The van der Waals surface area contributed by atoms with Gasteiger partial charge in [-0.1, -0.05) is 30.3 Å². The number of carboxylic acids is 1. The molecule has 0 aromatic heterocycles. The summed E-state index contributed by atoms with van der Waals surface area (Å²) in [6, 6.07) is 7.06. The highest BCUT2D eigenvalue weighted by atomic mass is 32.2. The molecule has 3 atom stereocenters. The molecule has 3 rings (SSSR count). The third-order valence-corrected chi connectivity index (χ3v) is 5.81. The molecule has 0 spiro atoms. The van der Waals surface area contributed by atoms with Crippen LogP contribution in [0, 0.1) is 0 Å². The fourth-order valence-corrected chi connectivity index (χ4v) is 4.69. The number of nitrogens with zero attached hydrogens (tertiary/aromatic N) is 1. The van der Waals surface area contributed by atoms with Crippen LogP contribution in [0.2, 0.25) is 0 Å². The molecule has 1 aromatic carbocycles. The Balaban J connectivity index is 1.77. The maximum Gasteiger partial charge on any atom is 0.356 e. The van der Waals surface area contributed by atoms with Crippen molar-refractivity contribution in [3.8, 4) is 0 Å². The van der Waals surface area contributed by atoms with Crippen molar-refractivity contribution in [3.63, 3.8) is 0 Å². The first-order valence-electron chi connectivity index (χ1n) is 7.94. The number of fused-ring (bicyclic) bond motifs is 1. The standard InChI is InChI=1S/C16H16N2O8S2/c1-28(24,25)26-9-7-27-15-10(14(21)18(15)11(9)16(22)23)17-13(20)12(19)8-5-3-2-4-6-8/h2-6,10,12,15,19H,7H2,1H3,(H,17,20)(H,22,23)/t10?,12?,15-/m0/s1. The molecule has 3 N–H and O–H groups in total. The topological polar surface area (TPSA) is 150 Å². The Kier molecular flexibility index (Phi) is 5.37. The molecule has 150 valence electrons. The van der Waals surface area contributed by atoms with Crippen molar-refractivity contribution in [2.45, 2.75) is 17.5 Å². The molecule has 12 heteroatoms. The Morgan fingerprint density at radius 3 is 2.54 bits per heavy atom. The van der Waals surface area contributed by atoms with Gasteiger partial charge in [0, 0.05) is 0 Å². The number of β-lactam (4-membered cyclic amide) rings is 1. The number of nitrogens with one attached hydrogen (secondary N) is 1. The number of aliphatic hydroxyl groups is 1. The summed E-state index contributed by atoms with van der Waals surface area (Å²) >= 11 is 1.04. The van der Waals surface area contributed by atoms with E-state index in [1.54, 1.807) is 30.3 Å². The van der Waals surface area contributed by atoms with Crippen molar-refractivity contribution in [1.29, 1.82) is 0 Å².